The van der Waals surface area contributed by atoms with E-state index in [1.54, 1.807) is 6.07 Å². The highest BCUT2D eigenvalue weighted by Crippen LogP contribution is 2.40. The third-order valence-corrected chi connectivity index (χ3v) is 4.88. The molecular formula is C15H21BrFN. The van der Waals surface area contributed by atoms with E-state index in [4.69, 9.17) is 5.73 Å². The fourth-order valence-electron chi connectivity index (χ4n) is 3.00. The van der Waals surface area contributed by atoms with Crippen molar-refractivity contribution in [3.8, 4) is 0 Å². The Hall–Kier alpha value is -0.410. The predicted octanol–water partition coefficient (Wildman–Crippen LogP) is 4.46. The lowest BCUT2D eigenvalue weighted by molar-refractivity contribution is 0.230. The van der Waals surface area contributed by atoms with E-state index in [-0.39, 0.29) is 17.8 Å². The molecule has 0 radical (unpaired) electrons. The van der Waals surface area contributed by atoms with Crippen LogP contribution in [0, 0.1) is 17.7 Å². The van der Waals surface area contributed by atoms with Crippen molar-refractivity contribution in [2.24, 2.45) is 17.6 Å². The molecular weight excluding hydrogens is 293 g/mol. The summed E-state index contributed by atoms with van der Waals surface area (Å²) in [4.78, 5) is 0. The van der Waals surface area contributed by atoms with Gasteiger partial charge >= 0.3 is 0 Å². The monoisotopic (exact) mass is 313 g/mol. The average molecular weight is 314 g/mol. The number of hydrogen-bond acceptors (Lipinski definition) is 1. The standard InChI is InChI=1S/C15H21BrFN/c1-9(2)10-6-7-14(18)12(8-10)11-4-3-5-13(16)15(11)17/h3-5,9-10,12,14H,6-8,18H2,1-2H3. The smallest absolute Gasteiger partial charge is 0.140 e. The van der Waals surface area contributed by atoms with Crippen LogP contribution >= 0.6 is 15.9 Å². The van der Waals surface area contributed by atoms with Crippen LogP contribution in [0.1, 0.15) is 44.6 Å². The minimum atomic E-state index is -0.137. The Morgan fingerprint density at radius 2 is 2.06 bits per heavy atom. The first-order valence-electron chi connectivity index (χ1n) is 6.70. The Balaban J connectivity index is 2.27. The van der Waals surface area contributed by atoms with Crippen molar-refractivity contribution in [3.63, 3.8) is 0 Å². The van der Waals surface area contributed by atoms with Crippen LogP contribution in [-0.4, -0.2) is 6.04 Å². The van der Waals surface area contributed by atoms with E-state index in [0.29, 0.717) is 16.3 Å². The van der Waals surface area contributed by atoms with E-state index in [9.17, 15) is 4.39 Å². The Morgan fingerprint density at radius 3 is 2.72 bits per heavy atom. The van der Waals surface area contributed by atoms with Gasteiger partial charge in [0.05, 0.1) is 4.47 Å². The molecule has 3 unspecified atom stereocenters. The van der Waals surface area contributed by atoms with Crippen LogP contribution in [0.15, 0.2) is 22.7 Å². The Bertz CT molecular complexity index is 419. The van der Waals surface area contributed by atoms with Crippen LogP contribution in [0.5, 0.6) is 0 Å². The highest BCUT2D eigenvalue weighted by atomic mass is 79.9. The van der Waals surface area contributed by atoms with E-state index in [1.807, 2.05) is 12.1 Å². The van der Waals surface area contributed by atoms with E-state index in [2.05, 4.69) is 29.8 Å². The molecule has 0 bridgehead atoms. The van der Waals surface area contributed by atoms with Crippen molar-refractivity contribution in [3.05, 3.63) is 34.1 Å². The number of nitrogens with two attached hydrogens (primary N) is 1. The van der Waals surface area contributed by atoms with Crippen LogP contribution in [-0.2, 0) is 0 Å². The first kappa shape index (κ1) is 14.0. The van der Waals surface area contributed by atoms with E-state index < -0.39 is 0 Å². The second-order valence-corrected chi connectivity index (χ2v) is 6.58. The lowest BCUT2D eigenvalue weighted by Crippen LogP contribution is -2.36. The van der Waals surface area contributed by atoms with Crippen molar-refractivity contribution < 1.29 is 4.39 Å². The molecule has 1 nitrogen and oxygen atoms in total. The van der Waals surface area contributed by atoms with Crippen molar-refractivity contribution in [2.45, 2.75) is 45.1 Å². The first-order chi connectivity index (χ1) is 8.50. The van der Waals surface area contributed by atoms with Crippen molar-refractivity contribution in [1.29, 1.82) is 0 Å². The molecule has 100 valence electrons. The quantitative estimate of drug-likeness (QED) is 0.857. The summed E-state index contributed by atoms with van der Waals surface area (Å²) in [7, 11) is 0. The second kappa shape index (κ2) is 5.70. The van der Waals surface area contributed by atoms with Crippen LogP contribution in [0.2, 0.25) is 0 Å². The first-order valence-corrected chi connectivity index (χ1v) is 7.49. The normalized spacial score (nSPS) is 28.7. The van der Waals surface area contributed by atoms with Gasteiger partial charge in [-0.05, 0) is 58.7 Å². The van der Waals surface area contributed by atoms with Crippen LogP contribution in [0.3, 0.4) is 0 Å². The van der Waals surface area contributed by atoms with Gasteiger partial charge in [0.1, 0.15) is 5.82 Å². The molecule has 1 fully saturated rings. The summed E-state index contributed by atoms with van der Waals surface area (Å²) in [5.41, 5.74) is 6.99. The Labute approximate surface area is 117 Å². The minimum absolute atomic E-state index is 0.0869. The van der Waals surface area contributed by atoms with Gasteiger partial charge in [-0.2, -0.15) is 0 Å². The minimum Gasteiger partial charge on any atom is -0.327 e. The summed E-state index contributed by atoms with van der Waals surface area (Å²) in [6, 6.07) is 5.61. The molecule has 1 aliphatic carbocycles. The molecule has 3 heteroatoms. The third kappa shape index (κ3) is 2.77. The Morgan fingerprint density at radius 1 is 1.33 bits per heavy atom. The fourth-order valence-corrected chi connectivity index (χ4v) is 3.38. The van der Waals surface area contributed by atoms with Crippen LogP contribution in [0.4, 0.5) is 4.39 Å². The molecule has 0 amide bonds. The summed E-state index contributed by atoms with van der Waals surface area (Å²) in [5, 5.41) is 0. The maximum absolute atomic E-state index is 14.2. The summed E-state index contributed by atoms with van der Waals surface area (Å²) < 4.78 is 14.7. The average Bonchev–Trinajstić information content (AvgIpc) is 2.33. The lowest BCUT2D eigenvalue weighted by Gasteiger charge is -2.36. The van der Waals surface area contributed by atoms with E-state index >= 15 is 0 Å². The van der Waals surface area contributed by atoms with Gasteiger partial charge in [0, 0.05) is 12.0 Å². The molecule has 2 N–H and O–H groups in total. The van der Waals surface area contributed by atoms with Gasteiger partial charge in [-0.15, -0.1) is 0 Å². The third-order valence-electron chi connectivity index (χ3n) is 4.27. The van der Waals surface area contributed by atoms with Gasteiger partial charge < -0.3 is 5.73 Å². The molecule has 3 atom stereocenters. The van der Waals surface area contributed by atoms with Crippen molar-refractivity contribution >= 4 is 15.9 Å². The van der Waals surface area contributed by atoms with Crippen molar-refractivity contribution in [1.82, 2.24) is 0 Å². The summed E-state index contributed by atoms with van der Waals surface area (Å²) in [6.45, 7) is 4.49. The SMILES string of the molecule is CC(C)C1CCC(N)C(c2cccc(Br)c2F)C1. The molecule has 1 saturated carbocycles. The van der Waals surface area contributed by atoms with E-state index in [1.165, 1.54) is 6.42 Å². The zero-order valence-electron chi connectivity index (χ0n) is 11.0. The van der Waals surface area contributed by atoms with Gasteiger partial charge in [-0.1, -0.05) is 26.0 Å². The summed E-state index contributed by atoms with van der Waals surface area (Å²) in [5.74, 6) is 1.33. The molecule has 0 heterocycles. The van der Waals surface area contributed by atoms with Gasteiger partial charge in [0.25, 0.3) is 0 Å². The number of halogens is 2. The summed E-state index contributed by atoms with van der Waals surface area (Å²) >= 11 is 3.26. The fraction of sp³-hybridized carbons (Fsp3) is 0.600. The maximum atomic E-state index is 14.2. The van der Waals surface area contributed by atoms with E-state index in [0.717, 1.165) is 18.4 Å². The molecule has 0 aliphatic heterocycles. The molecule has 1 aliphatic rings. The van der Waals surface area contributed by atoms with Crippen LogP contribution < -0.4 is 5.73 Å². The van der Waals surface area contributed by atoms with Gasteiger partial charge in [0.2, 0.25) is 0 Å². The number of benzene rings is 1. The maximum Gasteiger partial charge on any atom is 0.140 e. The van der Waals surface area contributed by atoms with Crippen molar-refractivity contribution in [2.75, 3.05) is 0 Å². The van der Waals surface area contributed by atoms with Gasteiger partial charge in [-0.3, -0.25) is 0 Å². The molecule has 0 aromatic heterocycles. The summed E-state index contributed by atoms with van der Waals surface area (Å²) in [6.07, 6.45) is 3.18. The highest BCUT2D eigenvalue weighted by Gasteiger charge is 2.32. The molecule has 1 aromatic carbocycles. The molecule has 2 rings (SSSR count). The predicted molar refractivity (Wildman–Crippen MR) is 77.0 cm³/mol. The lowest BCUT2D eigenvalue weighted by atomic mass is 9.71. The molecule has 1 aromatic rings. The Kier molecular flexibility index (Phi) is 4.44. The van der Waals surface area contributed by atoms with Gasteiger partial charge in [0.15, 0.2) is 0 Å². The zero-order valence-corrected chi connectivity index (χ0v) is 12.6. The highest BCUT2D eigenvalue weighted by molar-refractivity contribution is 9.10. The van der Waals surface area contributed by atoms with Gasteiger partial charge in [-0.25, -0.2) is 4.39 Å². The number of hydrogen-bond donors (Lipinski definition) is 1. The molecule has 0 spiro atoms. The molecule has 0 saturated heterocycles. The van der Waals surface area contributed by atoms with Crippen LogP contribution in [0.25, 0.3) is 0 Å². The second-order valence-electron chi connectivity index (χ2n) is 5.73. The molecule has 18 heavy (non-hydrogen) atoms. The zero-order chi connectivity index (χ0) is 13.3. The largest absolute Gasteiger partial charge is 0.327 e. The number of rotatable bonds is 2. The topological polar surface area (TPSA) is 26.0 Å².